The van der Waals surface area contributed by atoms with Gasteiger partial charge < -0.3 is 9.26 Å². The Morgan fingerprint density at radius 3 is 2.64 bits per heavy atom. The van der Waals surface area contributed by atoms with E-state index in [9.17, 15) is 8.42 Å². The summed E-state index contributed by atoms with van der Waals surface area (Å²) in [6.07, 6.45) is 1.59. The molecule has 0 N–H and O–H groups in total. The van der Waals surface area contributed by atoms with Crippen molar-refractivity contribution in [1.82, 2.24) is 14.4 Å². The molecule has 0 unspecified atom stereocenters. The average Bonchev–Trinajstić information content (AvgIpc) is 2.95. The number of rotatable bonds is 6. The number of ether oxygens (including phenoxy) is 1. The molecule has 7 nitrogen and oxygen atoms in total. The van der Waals surface area contributed by atoms with Crippen molar-refractivity contribution in [3.63, 3.8) is 0 Å². The van der Waals surface area contributed by atoms with Crippen molar-refractivity contribution in [3.05, 3.63) is 24.0 Å². The second kappa shape index (κ2) is 6.45. The molecular formula is C14H19N3O4S. The number of nitrogens with zero attached hydrogens (tertiary/aromatic N) is 3. The zero-order chi connectivity index (χ0) is 16.3. The number of hydrogen-bond acceptors (Lipinski definition) is 6. The Hall–Kier alpha value is -1.93. The Kier molecular flexibility index (Phi) is 4.82. The van der Waals surface area contributed by atoms with Crippen LogP contribution in [0.2, 0.25) is 0 Å². The first-order chi connectivity index (χ1) is 10.4. The highest BCUT2D eigenvalue weighted by Gasteiger charge is 2.21. The van der Waals surface area contributed by atoms with Crippen LogP contribution in [0, 0.1) is 0 Å². The van der Waals surface area contributed by atoms with E-state index in [2.05, 4.69) is 10.1 Å². The summed E-state index contributed by atoms with van der Waals surface area (Å²) in [5, 5.41) is 3.88. The van der Waals surface area contributed by atoms with E-state index < -0.39 is 10.0 Å². The van der Waals surface area contributed by atoms with Crippen LogP contribution in [0.5, 0.6) is 5.75 Å². The molecule has 1 aromatic carbocycles. The van der Waals surface area contributed by atoms with Crippen LogP contribution in [-0.2, 0) is 16.4 Å². The van der Waals surface area contributed by atoms with Crippen molar-refractivity contribution in [2.75, 3.05) is 21.2 Å². The molecule has 2 rings (SSSR count). The molecule has 0 saturated carbocycles. The molecule has 0 aliphatic rings. The van der Waals surface area contributed by atoms with Gasteiger partial charge in [0.2, 0.25) is 10.0 Å². The number of sulfonamides is 1. The minimum Gasteiger partial charge on any atom is -0.496 e. The van der Waals surface area contributed by atoms with Crippen LogP contribution in [0.1, 0.15) is 19.2 Å². The van der Waals surface area contributed by atoms with E-state index in [0.29, 0.717) is 23.6 Å². The zero-order valence-electron chi connectivity index (χ0n) is 13.0. The fourth-order valence-corrected chi connectivity index (χ4v) is 2.84. The highest BCUT2D eigenvalue weighted by Crippen LogP contribution is 2.31. The van der Waals surface area contributed by atoms with E-state index in [4.69, 9.17) is 9.26 Å². The number of aryl methyl sites for hydroxylation is 1. The summed E-state index contributed by atoms with van der Waals surface area (Å²) in [6.45, 7) is 2.01. The van der Waals surface area contributed by atoms with Gasteiger partial charge in [-0.1, -0.05) is 12.1 Å². The van der Waals surface area contributed by atoms with Gasteiger partial charge in [0.15, 0.2) is 5.82 Å². The summed E-state index contributed by atoms with van der Waals surface area (Å²) < 4.78 is 36.1. The van der Waals surface area contributed by atoms with Crippen LogP contribution in [0.15, 0.2) is 27.6 Å². The van der Waals surface area contributed by atoms with Gasteiger partial charge in [0.25, 0.3) is 5.89 Å². The fraction of sp³-hybridized carbons (Fsp3) is 0.429. The van der Waals surface area contributed by atoms with Crippen molar-refractivity contribution in [3.8, 4) is 17.2 Å². The number of benzene rings is 1. The fourth-order valence-electron chi connectivity index (χ4n) is 1.91. The van der Waals surface area contributed by atoms with E-state index >= 15 is 0 Å². The van der Waals surface area contributed by atoms with E-state index in [-0.39, 0.29) is 10.8 Å². The Morgan fingerprint density at radius 1 is 1.32 bits per heavy atom. The molecule has 0 amide bonds. The summed E-state index contributed by atoms with van der Waals surface area (Å²) in [6, 6.07) is 4.55. The highest BCUT2D eigenvalue weighted by molar-refractivity contribution is 7.89. The third-order valence-corrected chi connectivity index (χ3v) is 4.93. The molecular weight excluding hydrogens is 306 g/mol. The van der Waals surface area contributed by atoms with Gasteiger partial charge in [0.05, 0.1) is 17.6 Å². The molecule has 0 spiro atoms. The lowest BCUT2D eigenvalue weighted by Crippen LogP contribution is -2.22. The molecule has 1 heterocycles. The minimum atomic E-state index is -3.55. The highest BCUT2D eigenvalue weighted by atomic mass is 32.2. The minimum absolute atomic E-state index is 0.142. The summed E-state index contributed by atoms with van der Waals surface area (Å²) in [7, 11) is 0.909. The third-order valence-electron chi connectivity index (χ3n) is 3.12. The van der Waals surface area contributed by atoms with Crippen LogP contribution >= 0.6 is 0 Å². The Labute approximate surface area is 129 Å². The van der Waals surface area contributed by atoms with Gasteiger partial charge in [-0.15, -0.1) is 0 Å². The molecule has 0 aliphatic carbocycles. The molecule has 0 atom stereocenters. The molecule has 0 aliphatic heterocycles. The topological polar surface area (TPSA) is 85.5 Å². The summed E-state index contributed by atoms with van der Waals surface area (Å²) in [5.74, 6) is 1.31. The zero-order valence-corrected chi connectivity index (χ0v) is 13.8. The van der Waals surface area contributed by atoms with E-state index in [1.807, 2.05) is 6.92 Å². The quantitative estimate of drug-likeness (QED) is 0.807. The Balaban J connectivity index is 2.53. The first-order valence-corrected chi connectivity index (χ1v) is 8.27. The number of aromatic nitrogens is 2. The average molecular weight is 325 g/mol. The van der Waals surface area contributed by atoms with Crippen molar-refractivity contribution in [2.45, 2.75) is 24.7 Å². The normalized spacial score (nSPS) is 11.9. The van der Waals surface area contributed by atoms with Gasteiger partial charge in [0, 0.05) is 20.5 Å². The monoisotopic (exact) mass is 325 g/mol. The van der Waals surface area contributed by atoms with Crippen molar-refractivity contribution < 1.29 is 17.7 Å². The number of hydrogen-bond donors (Lipinski definition) is 0. The van der Waals surface area contributed by atoms with Crippen molar-refractivity contribution in [2.24, 2.45) is 0 Å². The first kappa shape index (κ1) is 16.4. The molecule has 2 aromatic rings. The maximum Gasteiger partial charge on any atom is 0.261 e. The van der Waals surface area contributed by atoms with Crippen LogP contribution in [0.4, 0.5) is 0 Å². The molecule has 8 heteroatoms. The van der Waals surface area contributed by atoms with Gasteiger partial charge in [-0.3, -0.25) is 0 Å². The lowest BCUT2D eigenvalue weighted by molar-refractivity contribution is 0.402. The smallest absolute Gasteiger partial charge is 0.261 e. The standard InChI is InChI=1S/C14H19N3O4S/c1-5-6-13-15-14(21-16-13)11-9-10(7-8-12(11)20-4)22(18,19)17(2)3/h7-9H,5-6H2,1-4H3. The SMILES string of the molecule is CCCc1noc(-c2cc(S(=O)(=O)N(C)C)ccc2OC)n1. The molecule has 1 aromatic heterocycles. The largest absolute Gasteiger partial charge is 0.496 e. The molecule has 22 heavy (non-hydrogen) atoms. The lowest BCUT2D eigenvalue weighted by atomic mass is 10.2. The second-order valence-electron chi connectivity index (χ2n) is 4.92. The van der Waals surface area contributed by atoms with Gasteiger partial charge in [-0.05, 0) is 24.6 Å². The van der Waals surface area contributed by atoms with Gasteiger partial charge >= 0.3 is 0 Å². The van der Waals surface area contributed by atoms with Crippen LogP contribution in [-0.4, -0.2) is 44.1 Å². The molecule has 0 radical (unpaired) electrons. The van der Waals surface area contributed by atoms with E-state index in [1.54, 1.807) is 6.07 Å². The van der Waals surface area contributed by atoms with Crippen LogP contribution < -0.4 is 4.74 Å². The molecule has 0 saturated heterocycles. The van der Waals surface area contributed by atoms with Crippen molar-refractivity contribution >= 4 is 10.0 Å². The molecule has 0 fully saturated rings. The van der Waals surface area contributed by atoms with Gasteiger partial charge in [0.1, 0.15) is 5.75 Å². The molecule has 120 valence electrons. The number of methoxy groups -OCH3 is 1. The van der Waals surface area contributed by atoms with Gasteiger partial charge in [-0.2, -0.15) is 4.98 Å². The third kappa shape index (κ3) is 3.12. The van der Waals surface area contributed by atoms with E-state index in [0.717, 1.165) is 10.7 Å². The lowest BCUT2D eigenvalue weighted by Gasteiger charge is -2.13. The summed E-state index contributed by atoms with van der Waals surface area (Å²) in [5.41, 5.74) is 0.459. The maximum absolute atomic E-state index is 12.2. The van der Waals surface area contributed by atoms with Crippen LogP contribution in [0.3, 0.4) is 0 Å². The van der Waals surface area contributed by atoms with Gasteiger partial charge in [-0.25, -0.2) is 12.7 Å². The predicted molar refractivity (Wildman–Crippen MR) is 81.2 cm³/mol. The summed E-state index contributed by atoms with van der Waals surface area (Å²) in [4.78, 5) is 4.42. The molecule has 0 bridgehead atoms. The van der Waals surface area contributed by atoms with E-state index in [1.165, 1.54) is 33.3 Å². The van der Waals surface area contributed by atoms with Crippen molar-refractivity contribution in [1.29, 1.82) is 0 Å². The maximum atomic E-state index is 12.2. The first-order valence-electron chi connectivity index (χ1n) is 6.83. The predicted octanol–water partition coefficient (Wildman–Crippen LogP) is 1.95. The second-order valence-corrected chi connectivity index (χ2v) is 7.07. The van der Waals surface area contributed by atoms with Crippen LogP contribution in [0.25, 0.3) is 11.5 Å². The Bertz CT molecular complexity index is 753. The Morgan fingerprint density at radius 2 is 2.05 bits per heavy atom. The summed E-state index contributed by atoms with van der Waals surface area (Å²) >= 11 is 0.